The third-order valence-corrected chi connectivity index (χ3v) is 2.76. The minimum Gasteiger partial charge on any atom is -0.246 e. The highest BCUT2D eigenvalue weighted by Gasteiger charge is 2.03. The Balaban J connectivity index is 2.66. The van der Waals surface area contributed by atoms with E-state index in [9.17, 15) is 0 Å². The first kappa shape index (κ1) is 8.72. The van der Waals surface area contributed by atoms with Crippen molar-refractivity contribution in [3.63, 3.8) is 0 Å². The van der Waals surface area contributed by atoms with Crippen molar-refractivity contribution in [2.75, 3.05) is 0 Å². The maximum absolute atomic E-state index is 4.52. The van der Waals surface area contributed by atoms with Crippen LogP contribution in [0.3, 0.4) is 0 Å². The van der Waals surface area contributed by atoms with Gasteiger partial charge in [-0.1, -0.05) is 27.2 Å². The highest BCUT2D eigenvalue weighted by atomic mass is 32.1. The fourth-order valence-corrected chi connectivity index (χ4v) is 1.83. The van der Waals surface area contributed by atoms with E-state index in [1.807, 2.05) is 0 Å². The van der Waals surface area contributed by atoms with Gasteiger partial charge in [-0.15, -0.1) is 11.3 Å². The molecule has 1 aromatic heterocycles. The normalized spacial score (nSPS) is 10.9. The molecule has 0 fully saturated rings. The Labute approximate surface area is 72.5 Å². The van der Waals surface area contributed by atoms with Gasteiger partial charge in [0.15, 0.2) is 0 Å². The molecule has 62 valence electrons. The molecule has 0 atom stereocenters. The van der Waals surface area contributed by atoms with Gasteiger partial charge in [0.05, 0.1) is 10.7 Å². The molecule has 0 aromatic carbocycles. The Hall–Kier alpha value is -0.370. The number of rotatable bonds is 3. The van der Waals surface area contributed by atoms with Gasteiger partial charge >= 0.3 is 0 Å². The van der Waals surface area contributed by atoms with Crippen LogP contribution in [-0.4, -0.2) is 4.98 Å². The zero-order valence-corrected chi connectivity index (χ0v) is 8.24. The summed E-state index contributed by atoms with van der Waals surface area (Å²) >= 11 is 1.79. The summed E-state index contributed by atoms with van der Waals surface area (Å²) < 4.78 is 0. The lowest BCUT2D eigenvalue weighted by atomic mass is 10.2. The van der Waals surface area contributed by atoms with Crippen molar-refractivity contribution < 1.29 is 0 Å². The maximum atomic E-state index is 4.52. The number of hydrogen-bond acceptors (Lipinski definition) is 2. The van der Waals surface area contributed by atoms with Crippen molar-refractivity contribution in [2.45, 2.75) is 39.5 Å². The minimum absolute atomic E-state index is 0.589. The summed E-state index contributed by atoms with van der Waals surface area (Å²) in [4.78, 5) is 4.52. The Morgan fingerprint density at radius 1 is 1.55 bits per heavy atom. The van der Waals surface area contributed by atoms with Gasteiger partial charge in [0.25, 0.3) is 0 Å². The molecule has 0 spiro atoms. The van der Waals surface area contributed by atoms with Crippen LogP contribution in [0.15, 0.2) is 5.38 Å². The van der Waals surface area contributed by atoms with Gasteiger partial charge in [-0.2, -0.15) is 0 Å². The van der Waals surface area contributed by atoms with E-state index < -0.39 is 0 Å². The standard InChI is InChI=1S/C9H15NS/c1-4-5-8-6-11-9(10-8)7(2)3/h6-7H,4-5H2,1-3H3. The second kappa shape index (κ2) is 3.86. The summed E-state index contributed by atoms with van der Waals surface area (Å²) in [6.07, 6.45) is 2.32. The van der Waals surface area contributed by atoms with E-state index >= 15 is 0 Å². The van der Waals surface area contributed by atoms with Crippen LogP contribution < -0.4 is 0 Å². The number of aromatic nitrogens is 1. The van der Waals surface area contributed by atoms with E-state index in [2.05, 4.69) is 31.1 Å². The van der Waals surface area contributed by atoms with Crippen LogP contribution >= 0.6 is 11.3 Å². The molecule has 1 heterocycles. The zero-order chi connectivity index (χ0) is 8.27. The summed E-state index contributed by atoms with van der Waals surface area (Å²) in [5.74, 6) is 0.589. The van der Waals surface area contributed by atoms with E-state index in [4.69, 9.17) is 0 Å². The Kier molecular flexibility index (Phi) is 3.06. The molecule has 2 heteroatoms. The van der Waals surface area contributed by atoms with E-state index in [-0.39, 0.29) is 0 Å². The first-order valence-corrected chi connectivity index (χ1v) is 5.06. The maximum Gasteiger partial charge on any atom is 0.0953 e. The number of thiazole rings is 1. The van der Waals surface area contributed by atoms with E-state index in [0.717, 1.165) is 6.42 Å². The second-order valence-electron chi connectivity index (χ2n) is 3.08. The van der Waals surface area contributed by atoms with E-state index in [0.29, 0.717) is 5.92 Å². The molecule has 0 saturated carbocycles. The monoisotopic (exact) mass is 169 g/mol. The summed E-state index contributed by atoms with van der Waals surface area (Å²) in [5, 5.41) is 3.45. The Morgan fingerprint density at radius 3 is 2.73 bits per heavy atom. The van der Waals surface area contributed by atoms with Gasteiger partial charge in [-0.3, -0.25) is 0 Å². The Morgan fingerprint density at radius 2 is 2.27 bits per heavy atom. The minimum atomic E-state index is 0.589. The number of hydrogen-bond donors (Lipinski definition) is 0. The average Bonchev–Trinajstić information content (AvgIpc) is 2.37. The van der Waals surface area contributed by atoms with Crippen LogP contribution in [0.25, 0.3) is 0 Å². The molecule has 1 aromatic rings. The predicted molar refractivity (Wildman–Crippen MR) is 50.2 cm³/mol. The van der Waals surface area contributed by atoms with Crippen molar-refractivity contribution in [1.82, 2.24) is 4.98 Å². The van der Waals surface area contributed by atoms with Crippen LogP contribution in [-0.2, 0) is 6.42 Å². The van der Waals surface area contributed by atoms with Crippen molar-refractivity contribution >= 4 is 11.3 Å². The second-order valence-corrected chi connectivity index (χ2v) is 3.97. The lowest BCUT2D eigenvalue weighted by Crippen LogP contribution is -1.87. The lowest BCUT2D eigenvalue weighted by molar-refractivity contribution is 0.822. The average molecular weight is 169 g/mol. The fourth-order valence-electron chi connectivity index (χ4n) is 0.959. The highest BCUT2D eigenvalue weighted by molar-refractivity contribution is 7.09. The van der Waals surface area contributed by atoms with Crippen LogP contribution in [0.2, 0.25) is 0 Å². The molecule has 1 rings (SSSR count). The van der Waals surface area contributed by atoms with Gasteiger partial charge in [0.1, 0.15) is 0 Å². The summed E-state index contributed by atoms with van der Waals surface area (Å²) in [5.41, 5.74) is 1.27. The Bertz CT molecular complexity index is 215. The smallest absolute Gasteiger partial charge is 0.0953 e. The van der Waals surface area contributed by atoms with Gasteiger partial charge in [-0.05, 0) is 6.42 Å². The summed E-state index contributed by atoms with van der Waals surface area (Å²) in [7, 11) is 0. The molecule has 0 aliphatic heterocycles. The van der Waals surface area contributed by atoms with Gasteiger partial charge in [0, 0.05) is 11.3 Å². The largest absolute Gasteiger partial charge is 0.246 e. The quantitative estimate of drug-likeness (QED) is 0.677. The van der Waals surface area contributed by atoms with Gasteiger partial charge in [-0.25, -0.2) is 4.98 Å². The summed E-state index contributed by atoms with van der Waals surface area (Å²) in [6, 6.07) is 0. The van der Waals surface area contributed by atoms with Crippen molar-refractivity contribution in [3.05, 3.63) is 16.1 Å². The van der Waals surface area contributed by atoms with E-state index in [1.165, 1.54) is 17.1 Å². The molecule has 0 radical (unpaired) electrons. The van der Waals surface area contributed by atoms with Crippen LogP contribution in [0.1, 0.15) is 43.8 Å². The van der Waals surface area contributed by atoms with Gasteiger partial charge in [0.2, 0.25) is 0 Å². The number of nitrogens with zero attached hydrogens (tertiary/aromatic N) is 1. The topological polar surface area (TPSA) is 12.9 Å². The molecule has 11 heavy (non-hydrogen) atoms. The third-order valence-electron chi connectivity index (χ3n) is 1.57. The first-order valence-electron chi connectivity index (χ1n) is 4.18. The molecule has 1 nitrogen and oxygen atoms in total. The molecular weight excluding hydrogens is 154 g/mol. The molecule has 0 saturated heterocycles. The number of aryl methyl sites for hydroxylation is 1. The van der Waals surface area contributed by atoms with Crippen LogP contribution in [0.4, 0.5) is 0 Å². The molecular formula is C9H15NS. The predicted octanol–water partition coefficient (Wildman–Crippen LogP) is 3.22. The molecule has 0 bridgehead atoms. The molecule has 0 N–H and O–H groups in total. The SMILES string of the molecule is CCCc1csc(C(C)C)n1. The molecule has 0 aliphatic carbocycles. The van der Waals surface area contributed by atoms with Crippen LogP contribution in [0, 0.1) is 0 Å². The first-order chi connectivity index (χ1) is 5.24. The van der Waals surface area contributed by atoms with E-state index in [1.54, 1.807) is 11.3 Å². The third kappa shape index (κ3) is 2.29. The van der Waals surface area contributed by atoms with Crippen LogP contribution in [0.5, 0.6) is 0 Å². The van der Waals surface area contributed by atoms with Crippen molar-refractivity contribution in [1.29, 1.82) is 0 Å². The molecule has 0 aliphatic rings. The zero-order valence-electron chi connectivity index (χ0n) is 7.42. The lowest BCUT2D eigenvalue weighted by Gasteiger charge is -1.95. The van der Waals surface area contributed by atoms with Gasteiger partial charge < -0.3 is 0 Å². The fraction of sp³-hybridized carbons (Fsp3) is 0.667. The molecule has 0 unspecified atom stereocenters. The highest BCUT2D eigenvalue weighted by Crippen LogP contribution is 2.19. The molecule has 0 amide bonds. The van der Waals surface area contributed by atoms with Crippen molar-refractivity contribution in [3.8, 4) is 0 Å². The summed E-state index contributed by atoms with van der Waals surface area (Å²) in [6.45, 7) is 6.57. The van der Waals surface area contributed by atoms with Crippen molar-refractivity contribution in [2.24, 2.45) is 0 Å².